The Kier molecular flexibility index (Phi) is 7.76. The van der Waals surface area contributed by atoms with Crippen molar-refractivity contribution in [2.45, 2.75) is 17.7 Å². The zero-order valence-electron chi connectivity index (χ0n) is 13.5. The molecular weight excluding hydrogens is 340 g/mol. The van der Waals surface area contributed by atoms with Gasteiger partial charge in [-0.3, -0.25) is 0 Å². The smallest absolute Gasteiger partial charge is 0.240 e. The highest BCUT2D eigenvalue weighted by molar-refractivity contribution is 7.89. The Hall–Kier alpha value is -0.860. The van der Waals surface area contributed by atoms with Crippen molar-refractivity contribution in [3.05, 3.63) is 24.3 Å². The average Bonchev–Trinajstić information content (AvgIpc) is 2.54. The van der Waals surface area contributed by atoms with Gasteiger partial charge in [0.1, 0.15) is 5.75 Å². The fourth-order valence-electron chi connectivity index (χ4n) is 2.72. The van der Waals surface area contributed by atoms with Crippen molar-refractivity contribution in [3.63, 3.8) is 0 Å². The van der Waals surface area contributed by atoms with Crippen LogP contribution < -0.4 is 14.8 Å². The first kappa shape index (κ1) is 20.2. The van der Waals surface area contributed by atoms with Gasteiger partial charge in [0.25, 0.3) is 0 Å². The number of ether oxygens (including phenoxy) is 2. The predicted octanol–water partition coefficient (Wildman–Crippen LogP) is 1.41. The minimum absolute atomic E-state index is 0. The van der Waals surface area contributed by atoms with Crippen LogP contribution in [0.3, 0.4) is 0 Å². The molecule has 0 amide bonds. The van der Waals surface area contributed by atoms with Crippen LogP contribution in [0.1, 0.15) is 12.8 Å². The van der Waals surface area contributed by atoms with E-state index >= 15 is 0 Å². The number of benzene rings is 1. The molecule has 2 N–H and O–H groups in total. The van der Waals surface area contributed by atoms with Gasteiger partial charge in [-0.25, -0.2) is 13.1 Å². The van der Waals surface area contributed by atoms with Crippen molar-refractivity contribution in [2.24, 2.45) is 5.41 Å². The van der Waals surface area contributed by atoms with Crippen LogP contribution in [0.15, 0.2) is 29.2 Å². The van der Waals surface area contributed by atoms with Crippen LogP contribution >= 0.6 is 12.4 Å². The lowest BCUT2D eigenvalue weighted by Gasteiger charge is -2.37. The van der Waals surface area contributed by atoms with Crippen LogP contribution in [0, 0.1) is 5.41 Å². The topological polar surface area (TPSA) is 76.7 Å². The molecule has 0 spiro atoms. The molecule has 0 saturated carbocycles. The highest BCUT2D eigenvalue weighted by Gasteiger charge is 2.33. The predicted molar refractivity (Wildman–Crippen MR) is 91.8 cm³/mol. The van der Waals surface area contributed by atoms with Crippen molar-refractivity contribution >= 4 is 22.4 Å². The quantitative estimate of drug-likeness (QED) is 0.765. The summed E-state index contributed by atoms with van der Waals surface area (Å²) < 4.78 is 37.9. The number of piperidine rings is 1. The zero-order valence-corrected chi connectivity index (χ0v) is 15.1. The third-order valence-electron chi connectivity index (χ3n) is 4.12. The minimum Gasteiger partial charge on any atom is -0.497 e. The standard InChI is InChI=1S/C15H24N2O4S.ClH/c1-20-12-15(7-9-16-10-8-15)11-17-22(18,19)14-5-3-13(21-2)4-6-14;/h3-6,16-17H,7-12H2,1-2H3;1H. The molecule has 1 aliphatic rings. The molecule has 0 atom stereocenters. The van der Waals surface area contributed by atoms with Crippen LogP contribution in [0.5, 0.6) is 5.75 Å². The Morgan fingerprint density at radius 3 is 2.30 bits per heavy atom. The lowest BCUT2D eigenvalue weighted by molar-refractivity contribution is 0.0577. The summed E-state index contributed by atoms with van der Waals surface area (Å²) in [5, 5.41) is 3.29. The first-order chi connectivity index (χ1) is 10.5. The maximum atomic E-state index is 12.4. The number of nitrogens with one attached hydrogen (secondary N) is 2. The van der Waals surface area contributed by atoms with Crippen LogP contribution in [0.4, 0.5) is 0 Å². The van der Waals surface area contributed by atoms with Gasteiger partial charge in [0.15, 0.2) is 0 Å². The van der Waals surface area contributed by atoms with E-state index < -0.39 is 10.0 Å². The van der Waals surface area contributed by atoms with Gasteiger partial charge in [-0.05, 0) is 50.2 Å². The molecule has 1 aromatic rings. The highest BCUT2D eigenvalue weighted by atomic mass is 35.5. The first-order valence-corrected chi connectivity index (χ1v) is 8.83. The number of rotatable bonds is 7. The van der Waals surface area contributed by atoms with Gasteiger partial charge in [-0.15, -0.1) is 12.4 Å². The molecule has 1 fully saturated rings. The second-order valence-corrected chi connectivity index (χ2v) is 7.45. The largest absolute Gasteiger partial charge is 0.497 e. The Morgan fingerprint density at radius 2 is 1.78 bits per heavy atom. The third kappa shape index (κ3) is 5.32. The fraction of sp³-hybridized carbons (Fsp3) is 0.600. The van der Waals surface area contributed by atoms with Gasteiger partial charge >= 0.3 is 0 Å². The van der Waals surface area contributed by atoms with Crippen molar-refractivity contribution in [1.29, 1.82) is 0 Å². The second kappa shape index (κ2) is 8.84. The molecule has 0 bridgehead atoms. The number of methoxy groups -OCH3 is 2. The molecule has 0 radical (unpaired) electrons. The van der Waals surface area contributed by atoms with E-state index in [0.29, 0.717) is 18.9 Å². The molecule has 132 valence electrons. The summed E-state index contributed by atoms with van der Waals surface area (Å²) in [6, 6.07) is 6.38. The summed E-state index contributed by atoms with van der Waals surface area (Å²) in [4.78, 5) is 0.245. The maximum Gasteiger partial charge on any atom is 0.240 e. The summed E-state index contributed by atoms with van der Waals surface area (Å²) in [6.45, 7) is 2.71. The van der Waals surface area contributed by atoms with Gasteiger partial charge in [0.05, 0.1) is 18.6 Å². The summed E-state index contributed by atoms with van der Waals surface area (Å²) in [5.41, 5.74) is -0.139. The molecule has 0 aromatic heterocycles. The summed E-state index contributed by atoms with van der Waals surface area (Å²) in [6.07, 6.45) is 1.79. The molecule has 1 aromatic carbocycles. The van der Waals surface area contributed by atoms with Crippen molar-refractivity contribution in [2.75, 3.05) is 40.5 Å². The maximum absolute atomic E-state index is 12.4. The molecule has 1 heterocycles. The van der Waals surface area contributed by atoms with Gasteiger partial charge in [-0.2, -0.15) is 0 Å². The Morgan fingerprint density at radius 1 is 1.17 bits per heavy atom. The molecule has 1 aliphatic heterocycles. The molecular formula is C15H25ClN2O4S. The van der Waals surface area contributed by atoms with Gasteiger partial charge < -0.3 is 14.8 Å². The summed E-state index contributed by atoms with van der Waals surface area (Å²) in [7, 11) is -0.319. The van der Waals surface area contributed by atoms with Crippen LogP contribution in [-0.4, -0.2) is 48.9 Å². The SMILES string of the molecule is COCC1(CNS(=O)(=O)c2ccc(OC)cc2)CCNCC1.Cl. The van der Waals surface area contributed by atoms with Crippen molar-refractivity contribution < 1.29 is 17.9 Å². The zero-order chi connectivity index (χ0) is 16.1. The molecule has 0 aliphatic carbocycles. The average molecular weight is 365 g/mol. The second-order valence-electron chi connectivity index (χ2n) is 5.68. The normalized spacial score (nSPS) is 17.3. The number of halogens is 1. The first-order valence-electron chi connectivity index (χ1n) is 7.35. The van der Waals surface area contributed by atoms with E-state index in [9.17, 15) is 8.42 Å². The van der Waals surface area contributed by atoms with Gasteiger partial charge in [0.2, 0.25) is 10.0 Å². The molecule has 8 heteroatoms. The molecule has 6 nitrogen and oxygen atoms in total. The third-order valence-corrected chi connectivity index (χ3v) is 5.54. The summed E-state index contributed by atoms with van der Waals surface area (Å²) in [5.74, 6) is 0.633. The van der Waals surface area contributed by atoms with E-state index in [4.69, 9.17) is 9.47 Å². The Labute approximate surface area is 144 Å². The highest BCUT2D eigenvalue weighted by Crippen LogP contribution is 2.29. The monoisotopic (exact) mass is 364 g/mol. The van der Waals surface area contributed by atoms with Crippen LogP contribution in [0.25, 0.3) is 0 Å². The molecule has 0 unspecified atom stereocenters. The van der Waals surface area contributed by atoms with E-state index in [0.717, 1.165) is 25.9 Å². The van der Waals surface area contributed by atoms with E-state index in [-0.39, 0.29) is 22.7 Å². The Bertz CT molecular complexity index is 566. The van der Waals surface area contributed by atoms with Crippen molar-refractivity contribution in [1.82, 2.24) is 10.0 Å². The molecule has 2 rings (SSSR count). The number of hydrogen-bond acceptors (Lipinski definition) is 5. The molecule has 23 heavy (non-hydrogen) atoms. The van der Waals surface area contributed by atoms with E-state index in [1.807, 2.05) is 0 Å². The number of hydrogen-bond donors (Lipinski definition) is 2. The van der Waals surface area contributed by atoms with E-state index in [1.54, 1.807) is 38.5 Å². The fourth-order valence-corrected chi connectivity index (χ4v) is 3.88. The van der Waals surface area contributed by atoms with Crippen molar-refractivity contribution in [3.8, 4) is 5.75 Å². The van der Waals surface area contributed by atoms with Gasteiger partial charge in [-0.1, -0.05) is 0 Å². The number of sulfonamides is 1. The molecule has 1 saturated heterocycles. The van der Waals surface area contributed by atoms with Crippen LogP contribution in [0.2, 0.25) is 0 Å². The summed E-state index contributed by atoms with van der Waals surface area (Å²) >= 11 is 0. The lowest BCUT2D eigenvalue weighted by Crippen LogP contribution is -2.47. The van der Waals surface area contributed by atoms with Crippen LogP contribution in [-0.2, 0) is 14.8 Å². The van der Waals surface area contributed by atoms with E-state index in [1.165, 1.54) is 0 Å². The minimum atomic E-state index is -3.52. The Balaban J connectivity index is 0.00000264. The van der Waals surface area contributed by atoms with Gasteiger partial charge in [0, 0.05) is 19.1 Å². The lowest BCUT2D eigenvalue weighted by atomic mass is 9.80. The van der Waals surface area contributed by atoms with E-state index in [2.05, 4.69) is 10.0 Å².